The molecule has 1 aromatic rings. The average Bonchev–Trinajstić information content (AvgIpc) is 2.97. The Bertz CT molecular complexity index is 498. The number of rotatable bonds is 3. The maximum absolute atomic E-state index is 5.58. The Kier molecular flexibility index (Phi) is 3.98. The van der Waals surface area contributed by atoms with Gasteiger partial charge in [0, 0.05) is 30.7 Å². The van der Waals surface area contributed by atoms with Crippen LogP contribution in [0.25, 0.3) is 0 Å². The van der Waals surface area contributed by atoms with Crippen molar-refractivity contribution in [3.8, 4) is 11.5 Å². The molecule has 1 aliphatic heterocycles. The highest BCUT2D eigenvalue weighted by Gasteiger charge is 2.40. The van der Waals surface area contributed by atoms with Crippen molar-refractivity contribution < 1.29 is 9.47 Å². The highest BCUT2D eigenvalue weighted by atomic mass is 16.5. The molecule has 0 radical (unpaired) electrons. The van der Waals surface area contributed by atoms with Gasteiger partial charge in [-0.3, -0.25) is 0 Å². The largest absolute Gasteiger partial charge is 0.497 e. The Morgan fingerprint density at radius 3 is 2.62 bits per heavy atom. The third-order valence-corrected chi connectivity index (χ3v) is 5.03. The Hall–Kier alpha value is -1.42. The summed E-state index contributed by atoms with van der Waals surface area (Å²) >= 11 is 0. The van der Waals surface area contributed by atoms with E-state index in [1.807, 2.05) is 12.1 Å². The van der Waals surface area contributed by atoms with E-state index < -0.39 is 0 Å². The third-order valence-electron chi connectivity index (χ3n) is 5.03. The molecule has 1 N–H and O–H groups in total. The van der Waals surface area contributed by atoms with E-state index in [9.17, 15) is 0 Å². The van der Waals surface area contributed by atoms with Crippen LogP contribution in [-0.2, 0) is 0 Å². The molecular formula is C17H26N2O2. The van der Waals surface area contributed by atoms with E-state index in [0.29, 0.717) is 11.6 Å². The van der Waals surface area contributed by atoms with Crippen LogP contribution in [0.1, 0.15) is 32.6 Å². The fraction of sp³-hybridized carbons (Fsp3) is 0.647. The summed E-state index contributed by atoms with van der Waals surface area (Å²) in [5.41, 5.74) is 1.44. The lowest BCUT2D eigenvalue weighted by atomic mass is 9.92. The van der Waals surface area contributed by atoms with E-state index in [1.54, 1.807) is 14.2 Å². The summed E-state index contributed by atoms with van der Waals surface area (Å²) in [5, 5.41) is 3.80. The Morgan fingerprint density at radius 1 is 1.19 bits per heavy atom. The van der Waals surface area contributed by atoms with E-state index in [0.717, 1.165) is 30.3 Å². The average molecular weight is 290 g/mol. The topological polar surface area (TPSA) is 33.7 Å². The molecule has 1 unspecified atom stereocenters. The van der Waals surface area contributed by atoms with Gasteiger partial charge in [0.05, 0.1) is 19.9 Å². The van der Waals surface area contributed by atoms with E-state index in [1.165, 1.54) is 25.7 Å². The van der Waals surface area contributed by atoms with Crippen molar-refractivity contribution in [2.75, 3.05) is 32.2 Å². The van der Waals surface area contributed by atoms with Gasteiger partial charge in [0.15, 0.2) is 0 Å². The Morgan fingerprint density at radius 2 is 1.95 bits per heavy atom. The van der Waals surface area contributed by atoms with Crippen LogP contribution >= 0.6 is 0 Å². The normalized spacial score (nSPS) is 24.3. The molecule has 2 aliphatic rings. The summed E-state index contributed by atoms with van der Waals surface area (Å²) in [6.07, 6.45) is 5.24. The predicted octanol–water partition coefficient (Wildman–Crippen LogP) is 2.81. The Balaban J connectivity index is 1.93. The number of benzene rings is 1. The minimum absolute atomic E-state index is 0.292. The van der Waals surface area contributed by atoms with E-state index in [4.69, 9.17) is 9.47 Å². The molecule has 1 saturated carbocycles. The molecule has 21 heavy (non-hydrogen) atoms. The molecule has 1 spiro atoms. The van der Waals surface area contributed by atoms with Crippen molar-refractivity contribution in [2.45, 2.75) is 44.2 Å². The van der Waals surface area contributed by atoms with Gasteiger partial charge < -0.3 is 19.7 Å². The van der Waals surface area contributed by atoms with Crippen LogP contribution < -0.4 is 19.7 Å². The van der Waals surface area contributed by atoms with Crippen LogP contribution in [0.3, 0.4) is 0 Å². The first-order chi connectivity index (χ1) is 10.2. The lowest BCUT2D eigenvalue weighted by Crippen LogP contribution is -2.62. The molecule has 1 atom stereocenters. The van der Waals surface area contributed by atoms with Gasteiger partial charge in [0.1, 0.15) is 11.5 Å². The summed E-state index contributed by atoms with van der Waals surface area (Å²) < 4.78 is 11.0. The van der Waals surface area contributed by atoms with E-state index in [2.05, 4.69) is 23.2 Å². The number of nitrogens with zero attached hydrogens (tertiary/aromatic N) is 1. The van der Waals surface area contributed by atoms with Crippen LogP contribution in [0.2, 0.25) is 0 Å². The molecule has 4 nitrogen and oxygen atoms in total. The number of hydrogen-bond acceptors (Lipinski definition) is 4. The van der Waals surface area contributed by atoms with Gasteiger partial charge in [-0.25, -0.2) is 0 Å². The minimum atomic E-state index is 0.292. The van der Waals surface area contributed by atoms with Gasteiger partial charge in [-0.2, -0.15) is 0 Å². The highest BCUT2D eigenvalue weighted by molar-refractivity contribution is 5.63. The van der Waals surface area contributed by atoms with Crippen molar-refractivity contribution in [2.24, 2.45) is 0 Å². The molecule has 0 bridgehead atoms. The van der Waals surface area contributed by atoms with Crippen LogP contribution in [0.5, 0.6) is 11.5 Å². The fourth-order valence-electron chi connectivity index (χ4n) is 3.74. The molecule has 1 aliphatic carbocycles. The lowest BCUT2D eigenvalue weighted by molar-refractivity contribution is 0.274. The molecule has 3 rings (SSSR count). The van der Waals surface area contributed by atoms with Crippen molar-refractivity contribution in [3.63, 3.8) is 0 Å². The van der Waals surface area contributed by atoms with Crippen molar-refractivity contribution in [3.05, 3.63) is 18.2 Å². The molecule has 116 valence electrons. The zero-order valence-electron chi connectivity index (χ0n) is 13.3. The SMILES string of the molecule is COc1ccc(OC)c(N2CC3(CCCC3)NCC2C)c1. The van der Waals surface area contributed by atoms with Crippen molar-refractivity contribution >= 4 is 5.69 Å². The Labute approximate surface area is 127 Å². The number of anilines is 1. The van der Waals surface area contributed by atoms with Crippen LogP contribution in [-0.4, -0.2) is 38.9 Å². The van der Waals surface area contributed by atoms with Gasteiger partial charge in [0.25, 0.3) is 0 Å². The lowest BCUT2D eigenvalue weighted by Gasteiger charge is -2.46. The number of piperazine rings is 1. The maximum atomic E-state index is 5.58. The maximum Gasteiger partial charge on any atom is 0.142 e. The van der Waals surface area contributed by atoms with Crippen LogP contribution in [0, 0.1) is 0 Å². The standard InChI is InChI=1S/C17H26N2O2/c1-13-11-18-17(8-4-5-9-17)12-19(13)15-10-14(20-2)6-7-16(15)21-3/h6-7,10,13,18H,4-5,8-9,11-12H2,1-3H3. The van der Waals surface area contributed by atoms with Gasteiger partial charge >= 0.3 is 0 Å². The van der Waals surface area contributed by atoms with E-state index >= 15 is 0 Å². The van der Waals surface area contributed by atoms with Gasteiger partial charge in [0.2, 0.25) is 0 Å². The number of hydrogen-bond donors (Lipinski definition) is 1. The van der Waals surface area contributed by atoms with Crippen molar-refractivity contribution in [1.82, 2.24) is 5.32 Å². The van der Waals surface area contributed by atoms with Gasteiger partial charge in [-0.1, -0.05) is 12.8 Å². The molecule has 1 saturated heterocycles. The first-order valence-electron chi connectivity index (χ1n) is 7.91. The summed E-state index contributed by atoms with van der Waals surface area (Å²) in [6, 6.07) is 6.52. The quantitative estimate of drug-likeness (QED) is 0.928. The number of nitrogens with one attached hydrogen (secondary N) is 1. The zero-order valence-corrected chi connectivity index (χ0v) is 13.3. The summed E-state index contributed by atoms with van der Waals surface area (Å²) in [6.45, 7) is 4.35. The zero-order chi connectivity index (χ0) is 14.9. The molecule has 0 aromatic heterocycles. The highest BCUT2D eigenvalue weighted by Crippen LogP contribution is 2.39. The summed E-state index contributed by atoms with van der Waals surface area (Å²) in [5.74, 6) is 1.81. The first kappa shape index (κ1) is 14.5. The first-order valence-corrected chi connectivity index (χ1v) is 7.91. The summed E-state index contributed by atoms with van der Waals surface area (Å²) in [7, 11) is 3.45. The molecule has 1 aromatic carbocycles. The smallest absolute Gasteiger partial charge is 0.142 e. The second-order valence-corrected chi connectivity index (χ2v) is 6.38. The molecule has 0 amide bonds. The van der Waals surface area contributed by atoms with Crippen LogP contribution in [0.15, 0.2) is 18.2 Å². The molecule has 4 heteroatoms. The number of methoxy groups -OCH3 is 2. The summed E-state index contributed by atoms with van der Waals surface area (Å²) in [4.78, 5) is 2.49. The van der Waals surface area contributed by atoms with Gasteiger partial charge in [-0.15, -0.1) is 0 Å². The van der Waals surface area contributed by atoms with Crippen molar-refractivity contribution in [1.29, 1.82) is 0 Å². The number of ether oxygens (including phenoxy) is 2. The monoisotopic (exact) mass is 290 g/mol. The second-order valence-electron chi connectivity index (χ2n) is 6.38. The molecule has 1 heterocycles. The predicted molar refractivity (Wildman–Crippen MR) is 85.6 cm³/mol. The van der Waals surface area contributed by atoms with E-state index in [-0.39, 0.29) is 0 Å². The molecule has 2 fully saturated rings. The van der Waals surface area contributed by atoms with Crippen LogP contribution in [0.4, 0.5) is 5.69 Å². The minimum Gasteiger partial charge on any atom is -0.497 e. The second kappa shape index (κ2) is 5.76. The fourth-order valence-corrected chi connectivity index (χ4v) is 3.74. The molecular weight excluding hydrogens is 264 g/mol. The third kappa shape index (κ3) is 2.69. The van der Waals surface area contributed by atoms with Gasteiger partial charge in [-0.05, 0) is 31.9 Å².